The summed E-state index contributed by atoms with van der Waals surface area (Å²) in [6.07, 6.45) is 2.47. The standard InChI is InChI=1S/C13H22N4OS2/c1-8(2)16-12(18)10-11(14)17-20-13(10)15-7-9-3-5-19-6-4-9/h8-9,15H,3-7H2,1-2H3,(H2,14,17)(H,16,18). The lowest BCUT2D eigenvalue weighted by Gasteiger charge is -2.21. The topological polar surface area (TPSA) is 80.0 Å². The minimum Gasteiger partial charge on any atom is -0.382 e. The quantitative estimate of drug-likeness (QED) is 0.778. The summed E-state index contributed by atoms with van der Waals surface area (Å²) in [6, 6.07) is 0.0880. The van der Waals surface area contributed by atoms with Gasteiger partial charge >= 0.3 is 0 Å². The van der Waals surface area contributed by atoms with E-state index < -0.39 is 0 Å². The average Bonchev–Trinajstić information content (AvgIpc) is 2.78. The molecule has 2 rings (SSSR count). The molecule has 1 aromatic heterocycles. The Morgan fingerprint density at radius 1 is 1.45 bits per heavy atom. The van der Waals surface area contributed by atoms with E-state index in [1.54, 1.807) is 0 Å². The van der Waals surface area contributed by atoms with Crippen LogP contribution in [0.5, 0.6) is 0 Å². The zero-order valence-electron chi connectivity index (χ0n) is 11.9. The molecule has 0 atom stereocenters. The number of nitrogen functional groups attached to an aromatic ring is 1. The van der Waals surface area contributed by atoms with Crippen molar-refractivity contribution in [3.8, 4) is 0 Å². The lowest BCUT2D eigenvalue weighted by atomic mass is 10.0. The Morgan fingerprint density at radius 3 is 2.80 bits per heavy atom. The van der Waals surface area contributed by atoms with Crippen molar-refractivity contribution in [2.45, 2.75) is 32.7 Å². The first kappa shape index (κ1) is 15.4. The molecule has 0 saturated carbocycles. The first-order valence-corrected chi connectivity index (χ1v) is 8.88. The van der Waals surface area contributed by atoms with Gasteiger partial charge < -0.3 is 16.4 Å². The number of nitrogens with two attached hydrogens (primary N) is 1. The molecule has 0 aliphatic carbocycles. The summed E-state index contributed by atoms with van der Waals surface area (Å²) in [5.41, 5.74) is 6.32. The molecule has 0 bridgehead atoms. The van der Waals surface area contributed by atoms with Gasteiger partial charge in [0.15, 0.2) is 5.82 Å². The maximum absolute atomic E-state index is 12.1. The predicted molar refractivity (Wildman–Crippen MR) is 87.7 cm³/mol. The first-order valence-electron chi connectivity index (χ1n) is 6.95. The van der Waals surface area contributed by atoms with E-state index in [9.17, 15) is 4.79 Å². The van der Waals surface area contributed by atoms with Gasteiger partial charge in [0, 0.05) is 12.6 Å². The van der Waals surface area contributed by atoms with Gasteiger partial charge in [0.1, 0.15) is 10.6 Å². The molecule has 4 N–H and O–H groups in total. The highest BCUT2D eigenvalue weighted by Crippen LogP contribution is 2.29. The van der Waals surface area contributed by atoms with Gasteiger partial charge in [-0.2, -0.15) is 16.1 Å². The van der Waals surface area contributed by atoms with Crippen LogP contribution in [-0.2, 0) is 0 Å². The van der Waals surface area contributed by atoms with E-state index in [1.165, 1.54) is 35.9 Å². The number of anilines is 2. The fourth-order valence-electron chi connectivity index (χ4n) is 2.16. The molecule has 0 aromatic carbocycles. The Kier molecular flexibility index (Phi) is 5.54. The Morgan fingerprint density at radius 2 is 2.15 bits per heavy atom. The lowest BCUT2D eigenvalue weighted by molar-refractivity contribution is 0.0945. The second-order valence-electron chi connectivity index (χ2n) is 5.34. The van der Waals surface area contributed by atoms with Crippen LogP contribution < -0.4 is 16.4 Å². The molecular weight excluding hydrogens is 292 g/mol. The van der Waals surface area contributed by atoms with Crippen molar-refractivity contribution in [2.24, 2.45) is 5.92 Å². The summed E-state index contributed by atoms with van der Waals surface area (Å²) in [4.78, 5) is 12.1. The number of carbonyl (C=O) groups excluding carboxylic acids is 1. The largest absolute Gasteiger partial charge is 0.382 e. The van der Waals surface area contributed by atoms with E-state index in [-0.39, 0.29) is 11.9 Å². The van der Waals surface area contributed by atoms with Gasteiger partial charge in [0.25, 0.3) is 5.91 Å². The number of hydrogen-bond acceptors (Lipinski definition) is 6. The van der Waals surface area contributed by atoms with Crippen LogP contribution in [0.2, 0.25) is 0 Å². The molecule has 1 saturated heterocycles. The third-order valence-corrected chi connectivity index (χ3v) is 5.13. The number of rotatable bonds is 5. The number of nitrogens with zero attached hydrogens (tertiary/aromatic N) is 1. The molecule has 1 amide bonds. The molecule has 0 radical (unpaired) electrons. The predicted octanol–water partition coefficient (Wildman–Crippen LogP) is 2.42. The third kappa shape index (κ3) is 4.02. The van der Waals surface area contributed by atoms with Crippen LogP contribution in [-0.4, -0.2) is 34.4 Å². The number of hydrogen-bond donors (Lipinski definition) is 3. The van der Waals surface area contributed by atoms with E-state index in [0.29, 0.717) is 17.3 Å². The van der Waals surface area contributed by atoms with Gasteiger partial charge in [0.05, 0.1) is 0 Å². The second-order valence-corrected chi connectivity index (χ2v) is 7.33. The molecule has 1 fully saturated rings. The maximum atomic E-state index is 12.1. The number of amides is 1. The number of nitrogens with one attached hydrogen (secondary N) is 2. The summed E-state index contributed by atoms with van der Waals surface area (Å²) in [5, 5.41) is 7.02. The molecule has 0 unspecified atom stereocenters. The summed E-state index contributed by atoms with van der Waals surface area (Å²) >= 11 is 3.29. The summed E-state index contributed by atoms with van der Waals surface area (Å²) < 4.78 is 4.10. The maximum Gasteiger partial charge on any atom is 0.258 e. The minimum absolute atomic E-state index is 0.0880. The molecule has 1 aliphatic rings. The van der Waals surface area contributed by atoms with Gasteiger partial charge in [0.2, 0.25) is 0 Å². The van der Waals surface area contributed by atoms with E-state index in [4.69, 9.17) is 5.73 Å². The van der Waals surface area contributed by atoms with E-state index >= 15 is 0 Å². The summed E-state index contributed by atoms with van der Waals surface area (Å²) in [5.74, 6) is 3.32. The normalized spacial score (nSPS) is 16.4. The Balaban J connectivity index is 1.99. The van der Waals surface area contributed by atoms with Gasteiger partial charge in [-0.15, -0.1) is 0 Å². The SMILES string of the molecule is CC(C)NC(=O)c1c(N)nsc1NCC1CCSCC1. The van der Waals surface area contributed by atoms with Crippen LogP contribution >= 0.6 is 23.3 Å². The molecule has 1 aliphatic heterocycles. The number of aromatic nitrogens is 1. The summed E-state index contributed by atoms with van der Waals surface area (Å²) in [6.45, 7) is 4.76. The fourth-order valence-corrected chi connectivity index (χ4v) is 4.09. The van der Waals surface area contributed by atoms with Crippen molar-refractivity contribution in [2.75, 3.05) is 29.1 Å². The zero-order valence-corrected chi connectivity index (χ0v) is 13.6. The van der Waals surface area contributed by atoms with Gasteiger partial charge in [-0.05, 0) is 55.6 Å². The second kappa shape index (κ2) is 7.17. The lowest BCUT2D eigenvalue weighted by Crippen LogP contribution is -2.31. The van der Waals surface area contributed by atoms with Crippen LogP contribution in [0.1, 0.15) is 37.0 Å². The third-order valence-electron chi connectivity index (χ3n) is 3.26. The van der Waals surface area contributed by atoms with Crippen LogP contribution in [0.4, 0.5) is 10.8 Å². The van der Waals surface area contributed by atoms with Crippen LogP contribution in [0.15, 0.2) is 0 Å². The van der Waals surface area contributed by atoms with E-state index in [1.807, 2.05) is 25.6 Å². The monoisotopic (exact) mass is 314 g/mol. The molecule has 5 nitrogen and oxygen atoms in total. The average molecular weight is 314 g/mol. The zero-order chi connectivity index (χ0) is 14.5. The molecule has 1 aromatic rings. The van der Waals surface area contributed by atoms with Crippen molar-refractivity contribution in [1.82, 2.24) is 9.69 Å². The van der Waals surface area contributed by atoms with Crippen LogP contribution in [0.3, 0.4) is 0 Å². The van der Waals surface area contributed by atoms with Crippen LogP contribution in [0, 0.1) is 5.92 Å². The molecule has 2 heterocycles. The van der Waals surface area contributed by atoms with Crippen molar-refractivity contribution < 1.29 is 4.79 Å². The molecule has 0 spiro atoms. The van der Waals surface area contributed by atoms with Crippen LogP contribution in [0.25, 0.3) is 0 Å². The molecule has 112 valence electrons. The molecular formula is C13H22N4OS2. The Labute approximate surface area is 128 Å². The number of carbonyl (C=O) groups is 1. The van der Waals surface area contributed by atoms with Crippen molar-refractivity contribution in [1.29, 1.82) is 0 Å². The minimum atomic E-state index is -0.145. The Bertz CT molecular complexity index is 455. The summed E-state index contributed by atoms with van der Waals surface area (Å²) in [7, 11) is 0. The van der Waals surface area contributed by atoms with Gasteiger partial charge in [-0.1, -0.05) is 0 Å². The molecule has 20 heavy (non-hydrogen) atoms. The van der Waals surface area contributed by atoms with Gasteiger partial charge in [-0.3, -0.25) is 4.79 Å². The fraction of sp³-hybridized carbons (Fsp3) is 0.692. The highest BCUT2D eigenvalue weighted by molar-refractivity contribution is 7.99. The van der Waals surface area contributed by atoms with Crippen molar-refractivity contribution >= 4 is 40.0 Å². The smallest absolute Gasteiger partial charge is 0.258 e. The van der Waals surface area contributed by atoms with E-state index in [0.717, 1.165) is 11.5 Å². The van der Waals surface area contributed by atoms with Crippen molar-refractivity contribution in [3.63, 3.8) is 0 Å². The van der Waals surface area contributed by atoms with Crippen molar-refractivity contribution in [3.05, 3.63) is 5.56 Å². The van der Waals surface area contributed by atoms with Gasteiger partial charge in [-0.25, -0.2) is 0 Å². The number of thioether (sulfide) groups is 1. The Hall–Kier alpha value is -0.950. The highest BCUT2D eigenvalue weighted by atomic mass is 32.2. The van der Waals surface area contributed by atoms with E-state index in [2.05, 4.69) is 15.0 Å². The highest BCUT2D eigenvalue weighted by Gasteiger charge is 2.21. The first-order chi connectivity index (χ1) is 9.58. The molecule has 7 heteroatoms.